The van der Waals surface area contributed by atoms with Crippen molar-refractivity contribution in [2.45, 2.75) is 52.0 Å². The van der Waals surface area contributed by atoms with Gasteiger partial charge in [0.25, 0.3) is 0 Å². The molecule has 6 nitrogen and oxygen atoms in total. The Morgan fingerprint density at radius 1 is 1.19 bits per heavy atom. The van der Waals surface area contributed by atoms with Crippen molar-refractivity contribution in [3.63, 3.8) is 0 Å². The molecule has 1 saturated heterocycles. The van der Waals surface area contributed by atoms with Gasteiger partial charge in [0.2, 0.25) is 5.95 Å². The minimum Gasteiger partial charge on any atom is -0.372 e. The van der Waals surface area contributed by atoms with E-state index in [1.54, 1.807) is 0 Å². The lowest BCUT2D eigenvalue weighted by Gasteiger charge is -2.33. The average molecular weight is 429 g/mol. The van der Waals surface area contributed by atoms with Gasteiger partial charge in [0.1, 0.15) is 0 Å². The van der Waals surface area contributed by atoms with Crippen molar-refractivity contribution >= 4 is 22.7 Å². The van der Waals surface area contributed by atoms with Gasteiger partial charge in [-0.1, -0.05) is 25.7 Å². The van der Waals surface area contributed by atoms with Crippen LogP contribution in [0.1, 0.15) is 51.5 Å². The maximum atomic E-state index is 4.70. The first kappa shape index (κ1) is 20.7. The summed E-state index contributed by atoms with van der Waals surface area (Å²) < 4.78 is 1.93. The van der Waals surface area contributed by atoms with E-state index in [4.69, 9.17) is 5.10 Å². The largest absolute Gasteiger partial charge is 0.372 e. The minimum atomic E-state index is 0.494. The highest BCUT2D eigenvalue weighted by molar-refractivity contribution is 5.97. The molecule has 32 heavy (non-hydrogen) atoms. The lowest BCUT2D eigenvalue weighted by molar-refractivity contribution is 0.307. The highest BCUT2D eigenvalue weighted by Gasteiger charge is 2.25. The number of rotatable bonds is 5. The molecule has 2 fully saturated rings. The third kappa shape index (κ3) is 4.27. The number of allylic oxidation sites excluding steroid dienone is 5. The minimum absolute atomic E-state index is 0.494. The van der Waals surface area contributed by atoms with Gasteiger partial charge in [-0.05, 0) is 68.2 Å². The standard InChI is InChI=1S/C26H32N6/c1-18-14-23(15-18)29-26-28-17-25-24(10-13-32(25)30-26)21-7-6-19(2)27-16-22(9-8-21)20(3)31-11-4-5-12-31/h6-8,10,13,16-18,23H,3-5,9,11-12,14-15H2,1-2H3,(H,29,30)/b7-6-,21-8+,22-16+,27-19-. The molecule has 0 amide bonds. The van der Waals surface area contributed by atoms with Gasteiger partial charge in [-0.2, -0.15) is 0 Å². The van der Waals surface area contributed by atoms with Crippen LogP contribution in [0.15, 0.2) is 65.7 Å². The normalized spacial score (nSPS) is 29.4. The van der Waals surface area contributed by atoms with Crippen molar-refractivity contribution < 1.29 is 0 Å². The molecular formula is C26H32N6. The van der Waals surface area contributed by atoms with E-state index < -0.39 is 0 Å². The van der Waals surface area contributed by atoms with E-state index in [9.17, 15) is 0 Å². The molecule has 0 atom stereocenters. The van der Waals surface area contributed by atoms with Crippen molar-refractivity contribution in [3.05, 3.63) is 66.3 Å². The Morgan fingerprint density at radius 2 is 2.00 bits per heavy atom. The number of hydrogen-bond donors (Lipinski definition) is 1. The first-order valence-electron chi connectivity index (χ1n) is 11.7. The van der Waals surface area contributed by atoms with Crippen LogP contribution in [-0.2, 0) is 0 Å². The number of likely N-dealkylation sites (tertiary alicyclic amines) is 1. The lowest BCUT2D eigenvalue weighted by Crippen LogP contribution is -2.34. The van der Waals surface area contributed by atoms with E-state index in [0.29, 0.717) is 12.0 Å². The zero-order chi connectivity index (χ0) is 22.1. The Morgan fingerprint density at radius 3 is 2.78 bits per heavy atom. The van der Waals surface area contributed by atoms with Gasteiger partial charge >= 0.3 is 0 Å². The first-order chi connectivity index (χ1) is 15.6. The van der Waals surface area contributed by atoms with Crippen LogP contribution < -0.4 is 5.32 Å². The zero-order valence-corrected chi connectivity index (χ0v) is 19.1. The average Bonchev–Trinajstić information content (AvgIpc) is 3.44. The number of aliphatic imine (C=N–C) groups is 1. The first-order valence-corrected chi connectivity index (χ1v) is 11.7. The monoisotopic (exact) mass is 428 g/mol. The predicted octanol–water partition coefficient (Wildman–Crippen LogP) is 5.24. The Balaban J connectivity index is 1.41. The van der Waals surface area contributed by atoms with E-state index in [2.05, 4.69) is 58.0 Å². The number of nitrogens with zero attached hydrogens (tertiary/aromatic N) is 5. The van der Waals surface area contributed by atoms with Gasteiger partial charge in [-0.25, -0.2) is 9.50 Å². The topological polar surface area (TPSA) is 57.8 Å². The summed E-state index contributed by atoms with van der Waals surface area (Å²) in [6, 6.07) is 2.62. The van der Waals surface area contributed by atoms with E-state index in [1.807, 2.05) is 30.0 Å². The molecular weight excluding hydrogens is 396 g/mol. The molecule has 2 aromatic heterocycles. The predicted molar refractivity (Wildman–Crippen MR) is 132 cm³/mol. The fourth-order valence-electron chi connectivity index (χ4n) is 4.77. The molecule has 3 aliphatic rings. The van der Waals surface area contributed by atoms with Gasteiger partial charge < -0.3 is 10.2 Å². The molecule has 2 aliphatic heterocycles. The number of nitrogens with one attached hydrogen (secondary N) is 1. The second-order valence-corrected chi connectivity index (χ2v) is 9.32. The van der Waals surface area contributed by atoms with Gasteiger partial charge in [0.15, 0.2) is 0 Å². The molecule has 0 aromatic carbocycles. The van der Waals surface area contributed by atoms with Crippen molar-refractivity contribution in [1.29, 1.82) is 0 Å². The maximum absolute atomic E-state index is 4.70. The summed E-state index contributed by atoms with van der Waals surface area (Å²) in [5.41, 5.74) is 6.54. The van der Waals surface area contributed by atoms with Crippen LogP contribution in [0.2, 0.25) is 0 Å². The molecule has 1 saturated carbocycles. The van der Waals surface area contributed by atoms with E-state index in [-0.39, 0.29) is 0 Å². The van der Waals surface area contributed by atoms with Crippen LogP contribution in [-0.4, -0.2) is 44.3 Å². The van der Waals surface area contributed by atoms with Crippen LogP contribution in [0.4, 0.5) is 5.95 Å². The second kappa shape index (κ2) is 8.77. The highest BCUT2D eigenvalue weighted by Crippen LogP contribution is 2.30. The summed E-state index contributed by atoms with van der Waals surface area (Å²) in [6.45, 7) is 10.9. The Labute approximate surface area is 190 Å². The molecule has 1 N–H and O–H groups in total. The van der Waals surface area contributed by atoms with E-state index >= 15 is 0 Å². The molecule has 0 unspecified atom stereocenters. The third-order valence-corrected chi connectivity index (χ3v) is 6.76. The summed E-state index contributed by atoms with van der Waals surface area (Å²) in [5.74, 6) is 1.50. The van der Waals surface area contributed by atoms with Crippen molar-refractivity contribution in [2.75, 3.05) is 18.4 Å². The van der Waals surface area contributed by atoms with Crippen LogP contribution in [0.5, 0.6) is 0 Å². The van der Waals surface area contributed by atoms with E-state index in [0.717, 1.165) is 53.5 Å². The number of hydrogen-bond acceptors (Lipinski definition) is 5. The van der Waals surface area contributed by atoms with Crippen molar-refractivity contribution in [1.82, 2.24) is 19.5 Å². The summed E-state index contributed by atoms with van der Waals surface area (Å²) in [7, 11) is 0. The molecule has 1 aliphatic carbocycles. The Bertz CT molecular complexity index is 1140. The maximum Gasteiger partial charge on any atom is 0.241 e. The fourth-order valence-corrected chi connectivity index (χ4v) is 4.77. The summed E-state index contributed by atoms with van der Waals surface area (Å²) in [4.78, 5) is 11.6. The molecule has 6 heteroatoms. The van der Waals surface area contributed by atoms with Crippen molar-refractivity contribution in [2.24, 2.45) is 10.9 Å². The number of aromatic nitrogens is 3. The molecule has 0 bridgehead atoms. The quantitative estimate of drug-likeness (QED) is 0.708. The number of anilines is 1. The smallest absolute Gasteiger partial charge is 0.241 e. The van der Waals surface area contributed by atoms with Gasteiger partial charge in [-0.3, -0.25) is 4.99 Å². The van der Waals surface area contributed by atoms with Gasteiger partial charge in [-0.15, -0.1) is 5.10 Å². The molecule has 5 rings (SSSR count). The molecule has 0 spiro atoms. The van der Waals surface area contributed by atoms with Crippen molar-refractivity contribution in [3.8, 4) is 0 Å². The molecule has 2 aromatic rings. The second-order valence-electron chi connectivity index (χ2n) is 9.32. The van der Waals surface area contributed by atoms with Crippen LogP contribution in [0.25, 0.3) is 11.1 Å². The van der Waals surface area contributed by atoms with Crippen LogP contribution in [0, 0.1) is 5.92 Å². The molecule has 4 heterocycles. The van der Waals surface area contributed by atoms with E-state index in [1.165, 1.54) is 31.3 Å². The fraction of sp³-hybridized carbons (Fsp3) is 0.423. The lowest BCUT2D eigenvalue weighted by atomic mass is 9.82. The van der Waals surface area contributed by atoms with Gasteiger partial charge in [0.05, 0.1) is 11.7 Å². The van der Waals surface area contributed by atoms with Crippen LogP contribution >= 0.6 is 0 Å². The highest BCUT2D eigenvalue weighted by atomic mass is 15.3. The third-order valence-electron chi connectivity index (χ3n) is 6.76. The zero-order valence-electron chi connectivity index (χ0n) is 19.1. The SMILES string of the molecule is C=C(/C1=C/N=C(C)\C=C/C(c2ccn3nc(NC4CC(C)C4)ncc23)=C\C1)N1CCCC1. The Hall–Kier alpha value is -3.15. The summed E-state index contributed by atoms with van der Waals surface area (Å²) >= 11 is 0. The summed E-state index contributed by atoms with van der Waals surface area (Å²) in [5, 5.41) is 8.15. The Kier molecular flexibility index (Phi) is 5.68. The molecule has 166 valence electrons. The van der Waals surface area contributed by atoms with Crippen LogP contribution in [0.3, 0.4) is 0 Å². The number of fused-ring (bicyclic) bond motifs is 1. The molecule has 0 radical (unpaired) electrons. The van der Waals surface area contributed by atoms with Gasteiger partial charge in [0, 0.05) is 48.5 Å². The summed E-state index contributed by atoms with van der Waals surface area (Å²) in [6.07, 6.45) is 18.1.